The van der Waals surface area contributed by atoms with Crippen LogP contribution < -0.4 is 5.32 Å². The van der Waals surface area contributed by atoms with E-state index >= 15 is 0 Å². The van der Waals surface area contributed by atoms with Gasteiger partial charge < -0.3 is 9.73 Å². The standard InChI is InChI=1S/C16H18F3NO/c1-3-9-20-14(15-11(2)8-10-21-15)12-6-4-5-7-13(12)16(17,18)19/h4-8,10,14,20H,3,9H2,1-2H3. The first-order chi connectivity index (χ1) is 9.95. The molecule has 2 rings (SSSR count). The van der Waals surface area contributed by atoms with Crippen LogP contribution in [0.1, 0.15) is 41.8 Å². The molecule has 0 bridgehead atoms. The predicted molar refractivity (Wildman–Crippen MR) is 75.0 cm³/mol. The lowest BCUT2D eigenvalue weighted by molar-refractivity contribution is -0.138. The summed E-state index contributed by atoms with van der Waals surface area (Å²) in [6.07, 6.45) is -2.06. The summed E-state index contributed by atoms with van der Waals surface area (Å²) in [6, 6.07) is 6.78. The van der Waals surface area contributed by atoms with Crippen molar-refractivity contribution >= 4 is 0 Å². The molecule has 0 saturated heterocycles. The minimum absolute atomic E-state index is 0.191. The average Bonchev–Trinajstić information content (AvgIpc) is 2.85. The topological polar surface area (TPSA) is 25.2 Å². The van der Waals surface area contributed by atoms with Crippen LogP contribution in [0.4, 0.5) is 13.2 Å². The zero-order chi connectivity index (χ0) is 15.5. The third-order valence-corrected chi connectivity index (χ3v) is 3.34. The highest BCUT2D eigenvalue weighted by Gasteiger charge is 2.36. The quantitative estimate of drug-likeness (QED) is 0.865. The van der Waals surface area contributed by atoms with E-state index < -0.39 is 17.8 Å². The molecule has 0 aliphatic carbocycles. The monoisotopic (exact) mass is 297 g/mol. The Bertz CT molecular complexity index is 589. The fraction of sp³-hybridized carbons (Fsp3) is 0.375. The molecule has 2 aromatic rings. The Morgan fingerprint density at radius 3 is 2.48 bits per heavy atom. The molecule has 21 heavy (non-hydrogen) atoms. The molecule has 0 aliphatic rings. The number of hydrogen-bond donors (Lipinski definition) is 1. The van der Waals surface area contributed by atoms with E-state index in [0.717, 1.165) is 18.1 Å². The van der Waals surface area contributed by atoms with Gasteiger partial charge in [0, 0.05) is 0 Å². The number of furan rings is 1. The second-order valence-electron chi connectivity index (χ2n) is 4.94. The summed E-state index contributed by atoms with van der Waals surface area (Å²) in [5, 5.41) is 3.15. The molecule has 0 radical (unpaired) electrons. The zero-order valence-electron chi connectivity index (χ0n) is 12.0. The first-order valence-corrected chi connectivity index (χ1v) is 6.88. The molecule has 1 N–H and O–H groups in total. The van der Waals surface area contributed by atoms with E-state index in [9.17, 15) is 13.2 Å². The number of rotatable bonds is 5. The minimum atomic E-state index is -4.39. The highest BCUT2D eigenvalue weighted by molar-refractivity contribution is 5.38. The van der Waals surface area contributed by atoms with Gasteiger partial charge in [-0.05, 0) is 43.1 Å². The Kier molecular flexibility index (Phi) is 4.73. The fourth-order valence-electron chi connectivity index (χ4n) is 2.32. The van der Waals surface area contributed by atoms with Crippen LogP contribution in [0.2, 0.25) is 0 Å². The molecule has 0 fully saturated rings. The molecular formula is C16H18F3NO. The van der Waals surface area contributed by atoms with E-state index in [1.165, 1.54) is 18.4 Å². The van der Waals surface area contributed by atoms with Crippen molar-refractivity contribution in [1.82, 2.24) is 5.32 Å². The Balaban J connectivity index is 2.50. The third-order valence-electron chi connectivity index (χ3n) is 3.34. The first kappa shape index (κ1) is 15.6. The Labute approximate surface area is 122 Å². The molecule has 0 saturated carbocycles. The van der Waals surface area contributed by atoms with Crippen LogP contribution >= 0.6 is 0 Å². The van der Waals surface area contributed by atoms with Crippen molar-refractivity contribution < 1.29 is 17.6 Å². The maximum atomic E-state index is 13.2. The highest BCUT2D eigenvalue weighted by Crippen LogP contribution is 2.37. The summed E-state index contributed by atoms with van der Waals surface area (Å²) in [7, 11) is 0. The second-order valence-corrected chi connectivity index (χ2v) is 4.94. The Hall–Kier alpha value is -1.75. The Morgan fingerprint density at radius 2 is 1.90 bits per heavy atom. The molecule has 1 aromatic carbocycles. The van der Waals surface area contributed by atoms with Crippen molar-refractivity contribution in [3.8, 4) is 0 Å². The van der Waals surface area contributed by atoms with E-state index in [2.05, 4.69) is 5.32 Å². The van der Waals surface area contributed by atoms with E-state index in [1.807, 2.05) is 13.8 Å². The van der Waals surface area contributed by atoms with E-state index in [0.29, 0.717) is 12.3 Å². The van der Waals surface area contributed by atoms with Gasteiger partial charge in [-0.3, -0.25) is 0 Å². The van der Waals surface area contributed by atoms with Crippen LogP contribution in [0.3, 0.4) is 0 Å². The van der Waals surface area contributed by atoms with Gasteiger partial charge >= 0.3 is 6.18 Å². The van der Waals surface area contributed by atoms with Crippen molar-refractivity contribution in [3.63, 3.8) is 0 Å². The number of aryl methyl sites for hydroxylation is 1. The van der Waals surface area contributed by atoms with E-state index in [4.69, 9.17) is 4.42 Å². The minimum Gasteiger partial charge on any atom is -0.467 e. The van der Waals surface area contributed by atoms with Gasteiger partial charge in [-0.15, -0.1) is 0 Å². The molecule has 0 amide bonds. The van der Waals surface area contributed by atoms with Gasteiger partial charge in [-0.2, -0.15) is 13.2 Å². The van der Waals surface area contributed by atoms with E-state index in [-0.39, 0.29) is 5.56 Å². The molecule has 1 unspecified atom stereocenters. The van der Waals surface area contributed by atoms with Gasteiger partial charge in [-0.1, -0.05) is 25.1 Å². The second kappa shape index (κ2) is 6.35. The Morgan fingerprint density at radius 1 is 1.19 bits per heavy atom. The van der Waals surface area contributed by atoms with Crippen molar-refractivity contribution in [1.29, 1.82) is 0 Å². The molecule has 1 atom stereocenters. The van der Waals surface area contributed by atoms with Crippen LogP contribution in [-0.4, -0.2) is 6.54 Å². The number of halogens is 3. The van der Waals surface area contributed by atoms with Crippen LogP contribution in [0, 0.1) is 6.92 Å². The van der Waals surface area contributed by atoms with Crippen LogP contribution in [0.25, 0.3) is 0 Å². The number of alkyl halides is 3. The van der Waals surface area contributed by atoms with Crippen molar-refractivity contribution in [3.05, 3.63) is 59.0 Å². The number of benzene rings is 1. The number of hydrogen-bond acceptors (Lipinski definition) is 2. The summed E-state index contributed by atoms with van der Waals surface area (Å²) >= 11 is 0. The average molecular weight is 297 g/mol. The lowest BCUT2D eigenvalue weighted by Crippen LogP contribution is -2.26. The molecule has 1 aromatic heterocycles. The maximum Gasteiger partial charge on any atom is 0.416 e. The molecule has 5 heteroatoms. The zero-order valence-corrected chi connectivity index (χ0v) is 12.0. The van der Waals surface area contributed by atoms with Crippen molar-refractivity contribution in [2.24, 2.45) is 0 Å². The van der Waals surface area contributed by atoms with Crippen molar-refractivity contribution in [2.75, 3.05) is 6.54 Å². The van der Waals surface area contributed by atoms with Crippen LogP contribution in [0.5, 0.6) is 0 Å². The molecule has 114 valence electrons. The van der Waals surface area contributed by atoms with Gasteiger partial charge in [-0.25, -0.2) is 0 Å². The molecule has 0 aliphatic heterocycles. The van der Waals surface area contributed by atoms with Crippen LogP contribution in [0.15, 0.2) is 41.0 Å². The van der Waals surface area contributed by atoms with Gasteiger partial charge in [0.05, 0.1) is 17.9 Å². The van der Waals surface area contributed by atoms with Crippen molar-refractivity contribution in [2.45, 2.75) is 32.5 Å². The lowest BCUT2D eigenvalue weighted by atomic mass is 9.96. The number of nitrogens with one attached hydrogen (secondary N) is 1. The van der Waals surface area contributed by atoms with Gasteiger partial charge in [0.25, 0.3) is 0 Å². The molecule has 1 heterocycles. The predicted octanol–water partition coefficient (Wildman–Crippen LogP) is 4.70. The third kappa shape index (κ3) is 3.47. The lowest BCUT2D eigenvalue weighted by Gasteiger charge is -2.22. The summed E-state index contributed by atoms with van der Waals surface area (Å²) < 4.78 is 45.1. The van der Waals surface area contributed by atoms with Gasteiger partial charge in [0.1, 0.15) is 5.76 Å². The normalized spacial score (nSPS) is 13.4. The highest BCUT2D eigenvalue weighted by atomic mass is 19.4. The summed E-state index contributed by atoms with van der Waals surface area (Å²) in [5.41, 5.74) is 0.395. The van der Waals surface area contributed by atoms with Gasteiger partial charge in [0.2, 0.25) is 0 Å². The summed E-state index contributed by atoms with van der Waals surface area (Å²) in [4.78, 5) is 0. The van der Waals surface area contributed by atoms with Gasteiger partial charge in [0.15, 0.2) is 0 Å². The van der Waals surface area contributed by atoms with Crippen LogP contribution in [-0.2, 0) is 6.18 Å². The molecular weight excluding hydrogens is 279 g/mol. The summed E-state index contributed by atoms with van der Waals surface area (Å²) in [6.45, 7) is 4.40. The fourth-order valence-corrected chi connectivity index (χ4v) is 2.32. The smallest absolute Gasteiger partial charge is 0.416 e. The SMILES string of the molecule is CCCNC(c1ccccc1C(F)(F)F)c1occc1C. The molecule has 0 spiro atoms. The summed E-state index contributed by atoms with van der Waals surface area (Å²) in [5.74, 6) is 0.528. The molecule has 2 nitrogen and oxygen atoms in total. The first-order valence-electron chi connectivity index (χ1n) is 6.88. The maximum absolute atomic E-state index is 13.2. The van der Waals surface area contributed by atoms with E-state index in [1.54, 1.807) is 12.1 Å². The largest absolute Gasteiger partial charge is 0.467 e.